The number of nitrogens with zero attached hydrogens (tertiary/aromatic N) is 1. The summed E-state index contributed by atoms with van der Waals surface area (Å²) >= 11 is 0. The van der Waals surface area contributed by atoms with Crippen LogP contribution in [0.25, 0.3) is 0 Å². The molecule has 0 bridgehead atoms. The van der Waals surface area contributed by atoms with Crippen LogP contribution in [0, 0.1) is 0 Å². The third kappa shape index (κ3) is 2.52. The third-order valence-corrected chi connectivity index (χ3v) is 2.79. The maximum Gasteiger partial charge on any atom is 0.218 e. The highest BCUT2D eigenvalue weighted by molar-refractivity contribution is 5.91. The molecular weight excluding hydrogens is 242 g/mol. The van der Waals surface area contributed by atoms with E-state index >= 15 is 0 Å². The van der Waals surface area contributed by atoms with E-state index in [4.69, 9.17) is 9.47 Å². The van der Waals surface area contributed by atoms with Crippen LogP contribution >= 0.6 is 0 Å². The Bertz CT molecular complexity index is 521. The Morgan fingerprint density at radius 2 is 1.26 bits per heavy atom. The SMILES string of the molecule is COc1ccccc1N(C=O)c1ccccc1OC. The lowest BCUT2D eigenvalue weighted by molar-refractivity contribution is -0.106. The largest absolute Gasteiger partial charge is 0.495 e. The maximum atomic E-state index is 11.5. The molecule has 98 valence electrons. The van der Waals surface area contributed by atoms with Crippen molar-refractivity contribution < 1.29 is 14.3 Å². The van der Waals surface area contributed by atoms with E-state index in [0.717, 1.165) is 6.41 Å². The zero-order chi connectivity index (χ0) is 13.7. The summed E-state index contributed by atoms with van der Waals surface area (Å²) < 4.78 is 10.6. The van der Waals surface area contributed by atoms with Gasteiger partial charge in [0.05, 0.1) is 25.6 Å². The molecule has 2 aromatic carbocycles. The molecular formula is C15H15NO3. The number of rotatable bonds is 5. The maximum absolute atomic E-state index is 11.5. The summed E-state index contributed by atoms with van der Waals surface area (Å²) in [6, 6.07) is 14.7. The number of carbonyl (C=O) groups is 1. The molecule has 2 aromatic rings. The number of amides is 1. The predicted molar refractivity (Wildman–Crippen MR) is 74.2 cm³/mol. The molecule has 0 fully saturated rings. The highest BCUT2D eigenvalue weighted by Crippen LogP contribution is 2.36. The molecule has 0 unspecified atom stereocenters. The van der Waals surface area contributed by atoms with Crippen molar-refractivity contribution in [3.63, 3.8) is 0 Å². The molecule has 4 heteroatoms. The molecule has 0 spiro atoms. The fourth-order valence-electron chi connectivity index (χ4n) is 1.90. The molecule has 0 atom stereocenters. The number of hydrogen-bond acceptors (Lipinski definition) is 3. The van der Waals surface area contributed by atoms with Crippen molar-refractivity contribution in [3.8, 4) is 11.5 Å². The van der Waals surface area contributed by atoms with Crippen LogP contribution in [0.1, 0.15) is 0 Å². The number of hydrogen-bond donors (Lipinski definition) is 0. The zero-order valence-electron chi connectivity index (χ0n) is 10.9. The fourth-order valence-corrected chi connectivity index (χ4v) is 1.90. The molecule has 0 radical (unpaired) electrons. The predicted octanol–water partition coefficient (Wildman–Crippen LogP) is 3.00. The summed E-state index contributed by atoms with van der Waals surface area (Å²) in [5.74, 6) is 1.25. The van der Waals surface area contributed by atoms with E-state index in [0.29, 0.717) is 22.9 Å². The zero-order valence-corrected chi connectivity index (χ0v) is 10.9. The van der Waals surface area contributed by atoms with E-state index < -0.39 is 0 Å². The smallest absolute Gasteiger partial charge is 0.218 e. The number of ether oxygens (including phenoxy) is 2. The van der Waals surface area contributed by atoms with E-state index in [1.807, 2.05) is 36.4 Å². The van der Waals surface area contributed by atoms with Gasteiger partial charge in [-0.3, -0.25) is 9.69 Å². The van der Waals surface area contributed by atoms with Gasteiger partial charge in [0.25, 0.3) is 0 Å². The average Bonchev–Trinajstić information content (AvgIpc) is 2.49. The lowest BCUT2D eigenvalue weighted by Crippen LogP contribution is -2.15. The fraction of sp³-hybridized carbons (Fsp3) is 0.133. The molecule has 0 aliphatic carbocycles. The van der Waals surface area contributed by atoms with Gasteiger partial charge in [-0.2, -0.15) is 0 Å². The van der Waals surface area contributed by atoms with E-state index in [2.05, 4.69) is 0 Å². The second-order valence-corrected chi connectivity index (χ2v) is 3.82. The van der Waals surface area contributed by atoms with Gasteiger partial charge in [0, 0.05) is 0 Å². The number of methoxy groups -OCH3 is 2. The molecule has 0 N–H and O–H groups in total. The molecule has 0 saturated heterocycles. The number of para-hydroxylation sites is 4. The molecule has 0 aliphatic heterocycles. The normalized spacial score (nSPS) is 9.79. The van der Waals surface area contributed by atoms with Crippen LogP contribution in [0.3, 0.4) is 0 Å². The molecule has 4 nitrogen and oxygen atoms in total. The molecule has 0 aliphatic rings. The Morgan fingerprint density at radius 3 is 1.63 bits per heavy atom. The minimum Gasteiger partial charge on any atom is -0.495 e. The minimum absolute atomic E-state index is 0.625. The molecule has 0 saturated carbocycles. The Balaban J connectivity index is 2.53. The van der Waals surface area contributed by atoms with Gasteiger partial charge in [0.15, 0.2) is 0 Å². The first-order valence-corrected chi connectivity index (χ1v) is 5.82. The molecule has 1 amide bonds. The first kappa shape index (κ1) is 13.0. The Labute approximate surface area is 112 Å². The summed E-state index contributed by atoms with van der Waals surface area (Å²) in [4.78, 5) is 13.0. The van der Waals surface area contributed by atoms with E-state index in [1.54, 1.807) is 26.4 Å². The standard InChI is InChI=1S/C15H15NO3/c1-18-14-9-5-3-7-12(14)16(11-17)13-8-4-6-10-15(13)19-2/h3-11H,1-2H3. The molecule has 2 rings (SSSR count). The van der Waals surface area contributed by atoms with Crippen molar-refractivity contribution >= 4 is 17.8 Å². The van der Waals surface area contributed by atoms with Gasteiger partial charge >= 0.3 is 0 Å². The first-order chi connectivity index (χ1) is 9.31. The van der Waals surface area contributed by atoms with Crippen LogP contribution in [-0.2, 0) is 4.79 Å². The second kappa shape index (κ2) is 5.91. The first-order valence-electron chi connectivity index (χ1n) is 5.82. The van der Waals surface area contributed by atoms with Gasteiger partial charge in [-0.05, 0) is 24.3 Å². The average molecular weight is 257 g/mol. The van der Waals surface area contributed by atoms with Crippen molar-refractivity contribution in [2.45, 2.75) is 0 Å². The van der Waals surface area contributed by atoms with Gasteiger partial charge in [-0.1, -0.05) is 24.3 Å². The highest BCUT2D eigenvalue weighted by atomic mass is 16.5. The summed E-state index contributed by atoms with van der Waals surface area (Å²) in [7, 11) is 3.15. The topological polar surface area (TPSA) is 38.8 Å². The van der Waals surface area contributed by atoms with Crippen LogP contribution in [0.2, 0.25) is 0 Å². The summed E-state index contributed by atoms with van der Waals surface area (Å²) in [5, 5.41) is 0. The summed E-state index contributed by atoms with van der Waals surface area (Å²) in [5.41, 5.74) is 1.34. The Morgan fingerprint density at radius 1 is 0.842 bits per heavy atom. The van der Waals surface area contributed by atoms with Crippen molar-refractivity contribution in [1.29, 1.82) is 0 Å². The van der Waals surface area contributed by atoms with Crippen molar-refractivity contribution in [3.05, 3.63) is 48.5 Å². The van der Waals surface area contributed by atoms with Crippen LogP contribution in [0.5, 0.6) is 11.5 Å². The molecule has 0 aromatic heterocycles. The summed E-state index contributed by atoms with van der Waals surface area (Å²) in [6.07, 6.45) is 0.746. The van der Waals surface area contributed by atoms with Crippen molar-refractivity contribution in [2.24, 2.45) is 0 Å². The van der Waals surface area contributed by atoms with Gasteiger partial charge in [-0.25, -0.2) is 0 Å². The monoisotopic (exact) mass is 257 g/mol. The number of carbonyl (C=O) groups excluding carboxylic acids is 1. The van der Waals surface area contributed by atoms with E-state index in [1.165, 1.54) is 4.90 Å². The molecule has 19 heavy (non-hydrogen) atoms. The second-order valence-electron chi connectivity index (χ2n) is 3.82. The van der Waals surface area contributed by atoms with Crippen molar-refractivity contribution in [1.82, 2.24) is 0 Å². The van der Waals surface area contributed by atoms with Crippen LogP contribution in [0.4, 0.5) is 11.4 Å². The number of anilines is 2. The molecule has 0 heterocycles. The van der Waals surface area contributed by atoms with E-state index in [9.17, 15) is 4.79 Å². The van der Waals surface area contributed by atoms with Crippen LogP contribution in [-0.4, -0.2) is 20.6 Å². The van der Waals surface area contributed by atoms with Crippen LogP contribution in [0.15, 0.2) is 48.5 Å². The van der Waals surface area contributed by atoms with Gasteiger partial charge in [-0.15, -0.1) is 0 Å². The lowest BCUT2D eigenvalue weighted by Gasteiger charge is -2.21. The highest BCUT2D eigenvalue weighted by Gasteiger charge is 2.16. The van der Waals surface area contributed by atoms with E-state index in [-0.39, 0.29) is 0 Å². The van der Waals surface area contributed by atoms with Gasteiger partial charge in [0.2, 0.25) is 6.41 Å². The Hall–Kier alpha value is -2.49. The Kier molecular flexibility index (Phi) is 4.03. The quantitative estimate of drug-likeness (QED) is 0.773. The van der Waals surface area contributed by atoms with Gasteiger partial charge in [0.1, 0.15) is 11.5 Å². The summed E-state index contributed by atoms with van der Waals surface area (Å²) in [6.45, 7) is 0. The lowest BCUT2D eigenvalue weighted by atomic mass is 10.2. The van der Waals surface area contributed by atoms with Crippen LogP contribution < -0.4 is 14.4 Å². The number of benzene rings is 2. The minimum atomic E-state index is 0.625. The van der Waals surface area contributed by atoms with Gasteiger partial charge < -0.3 is 9.47 Å². The van der Waals surface area contributed by atoms with Crippen molar-refractivity contribution in [2.75, 3.05) is 19.1 Å². The third-order valence-electron chi connectivity index (χ3n) is 2.79.